The van der Waals surface area contributed by atoms with E-state index in [1.165, 1.54) is 0 Å². The Kier molecular flexibility index (Phi) is 12.5. The molecule has 0 amide bonds. The standard InChI is InChI=1S/C41H25N5O.C32H27BN2O3/c1-4-12-27(13-5-1)38-44-39(28-14-6-2-7-15-28)46-40(45-38)29-22-20-26(21-23-29)36-32-24-25-34-37(35(32)31-18-10-11-19-33(31)42-36)43-41(47-34)30-16-8-3-9-17-30;1-31(2)32(3,4)38-33(37-31)22-16-14-20(15-17-22)28-24-18-19-26-29(27(24)23-12-8-9-13-25(23)34-28)35-30(36-26)21-10-6-5-7-11-21/h1-25H;5-19H,1-4H3. The van der Waals surface area contributed by atoms with E-state index in [1.807, 2.05) is 170 Å². The minimum Gasteiger partial charge on any atom is -0.436 e. The average Bonchev–Trinajstić information content (AvgIpc) is 2.78. The Balaban J connectivity index is 0.000000147. The molecule has 11 nitrogen and oxygen atoms in total. The Labute approximate surface area is 489 Å². The fraction of sp³-hybridized carbons (Fsp3) is 0.0822. The molecule has 5 aromatic heterocycles. The van der Waals surface area contributed by atoms with Crippen LogP contribution >= 0.6 is 0 Å². The second-order valence-electron chi connectivity index (χ2n) is 22.2. The maximum Gasteiger partial charge on any atom is 0.494 e. The second-order valence-corrected chi connectivity index (χ2v) is 22.2. The van der Waals surface area contributed by atoms with Crippen molar-refractivity contribution >= 4 is 78.1 Å². The molecule has 1 fully saturated rings. The summed E-state index contributed by atoms with van der Waals surface area (Å²) in [6, 6.07) is 81.2. The molecule has 0 bridgehead atoms. The minimum atomic E-state index is -0.401. The van der Waals surface area contributed by atoms with Crippen molar-refractivity contribution in [1.82, 2.24) is 34.9 Å². The van der Waals surface area contributed by atoms with Crippen LogP contribution in [-0.2, 0) is 9.31 Å². The molecule has 0 atom stereocenters. The summed E-state index contributed by atoms with van der Waals surface area (Å²) in [5.41, 5.74) is 13.7. The van der Waals surface area contributed by atoms with Gasteiger partial charge in [-0.25, -0.2) is 34.9 Å². The highest BCUT2D eigenvalue weighted by Gasteiger charge is 2.51. The van der Waals surface area contributed by atoms with E-state index in [0.717, 1.165) is 121 Å². The summed E-state index contributed by atoms with van der Waals surface area (Å²) >= 11 is 0. The van der Waals surface area contributed by atoms with E-state index in [1.54, 1.807) is 0 Å². The highest BCUT2D eigenvalue weighted by atomic mass is 16.7. The average molecular weight is 1100 g/mol. The van der Waals surface area contributed by atoms with Gasteiger partial charge in [0.2, 0.25) is 11.8 Å². The van der Waals surface area contributed by atoms with Gasteiger partial charge in [0.1, 0.15) is 11.0 Å². The van der Waals surface area contributed by atoms with Crippen molar-refractivity contribution in [2.75, 3.05) is 0 Å². The maximum absolute atomic E-state index is 6.25. The van der Waals surface area contributed by atoms with Gasteiger partial charge in [-0.05, 0) is 93.8 Å². The predicted octanol–water partition coefficient (Wildman–Crippen LogP) is 17.2. The number of nitrogens with zero attached hydrogens (tertiary/aromatic N) is 7. The van der Waals surface area contributed by atoms with E-state index >= 15 is 0 Å². The van der Waals surface area contributed by atoms with Gasteiger partial charge in [0.05, 0.1) is 33.6 Å². The van der Waals surface area contributed by atoms with Gasteiger partial charge < -0.3 is 18.1 Å². The Morgan fingerprint density at radius 1 is 0.294 bits per heavy atom. The smallest absolute Gasteiger partial charge is 0.436 e. The molecule has 0 radical (unpaired) electrons. The van der Waals surface area contributed by atoms with Crippen LogP contribution in [0, 0.1) is 0 Å². The number of para-hydroxylation sites is 2. The first-order valence-corrected chi connectivity index (χ1v) is 28.4. The SMILES string of the molecule is CC1(C)OB(c2ccc(-c3nc4ccccc4c4c3ccc3oc(-c5ccccc5)nc34)cc2)OC1(C)C.c1ccc(-c2nc(-c3ccccc3)nc(-c3ccc(-c4nc5ccccc5c5c4ccc4oc(-c6ccccc6)nc45)cc3)n2)cc1. The van der Waals surface area contributed by atoms with Gasteiger partial charge in [0, 0.05) is 71.3 Å². The topological polar surface area (TPSA) is 135 Å². The van der Waals surface area contributed by atoms with Gasteiger partial charge in [-0.3, -0.25) is 0 Å². The molecule has 1 aliphatic rings. The first-order chi connectivity index (χ1) is 41.6. The zero-order valence-electron chi connectivity index (χ0n) is 46.9. The largest absolute Gasteiger partial charge is 0.494 e. The molecule has 16 rings (SSSR count). The zero-order chi connectivity index (χ0) is 57.2. The van der Waals surface area contributed by atoms with E-state index in [-0.39, 0.29) is 11.2 Å². The molecule has 6 heterocycles. The molecular weight excluding hydrogens is 1050 g/mol. The number of oxazole rings is 2. The van der Waals surface area contributed by atoms with Crippen LogP contribution in [0.4, 0.5) is 0 Å². The fourth-order valence-electron chi connectivity index (χ4n) is 11.2. The monoisotopic (exact) mass is 1100 g/mol. The van der Waals surface area contributed by atoms with E-state index in [0.29, 0.717) is 29.3 Å². The van der Waals surface area contributed by atoms with Crippen molar-refractivity contribution in [3.63, 3.8) is 0 Å². The molecule has 0 spiro atoms. The maximum atomic E-state index is 6.25. The molecule has 15 aromatic rings. The van der Waals surface area contributed by atoms with Gasteiger partial charge in [-0.15, -0.1) is 0 Å². The third-order valence-electron chi connectivity index (χ3n) is 16.3. The van der Waals surface area contributed by atoms with Crippen LogP contribution in [-0.4, -0.2) is 53.2 Å². The Morgan fingerprint density at radius 3 is 1.05 bits per heavy atom. The van der Waals surface area contributed by atoms with Crippen molar-refractivity contribution in [1.29, 1.82) is 0 Å². The fourth-order valence-corrected chi connectivity index (χ4v) is 11.2. The van der Waals surface area contributed by atoms with Gasteiger partial charge in [-0.1, -0.05) is 182 Å². The first-order valence-electron chi connectivity index (χ1n) is 28.4. The molecule has 406 valence electrons. The predicted molar refractivity (Wildman–Crippen MR) is 341 cm³/mol. The lowest BCUT2D eigenvalue weighted by molar-refractivity contribution is 0.00578. The lowest BCUT2D eigenvalue weighted by atomic mass is 9.78. The highest BCUT2D eigenvalue weighted by molar-refractivity contribution is 6.62. The summed E-state index contributed by atoms with van der Waals surface area (Å²) in [4.78, 5) is 34.8. The molecule has 10 aromatic carbocycles. The molecule has 1 aliphatic heterocycles. The minimum absolute atomic E-state index is 0.381. The van der Waals surface area contributed by atoms with Crippen molar-refractivity contribution in [2.24, 2.45) is 0 Å². The number of benzene rings is 10. The zero-order valence-corrected chi connectivity index (χ0v) is 46.9. The third-order valence-corrected chi connectivity index (χ3v) is 16.3. The number of hydrogen-bond donors (Lipinski definition) is 0. The molecule has 0 aliphatic carbocycles. The number of aromatic nitrogens is 7. The molecule has 0 unspecified atom stereocenters. The summed E-state index contributed by atoms with van der Waals surface area (Å²) < 4.78 is 25.0. The summed E-state index contributed by atoms with van der Waals surface area (Å²) in [6.07, 6.45) is 0. The van der Waals surface area contributed by atoms with Gasteiger partial charge in [0.15, 0.2) is 28.6 Å². The lowest BCUT2D eigenvalue weighted by Crippen LogP contribution is -2.41. The Hall–Kier alpha value is -10.5. The molecular formula is C73H52BN7O4. The number of hydrogen-bond acceptors (Lipinski definition) is 11. The van der Waals surface area contributed by atoms with Crippen LogP contribution in [0.2, 0.25) is 0 Å². The van der Waals surface area contributed by atoms with Gasteiger partial charge >= 0.3 is 7.12 Å². The first kappa shape index (κ1) is 51.4. The normalized spacial score (nSPS) is 13.7. The van der Waals surface area contributed by atoms with Crippen LogP contribution in [0.15, 0.2) is 251 Å². The number of rotatable bonds is 8. The third kappa shape index (κ3) is 9.34. The summed E-state index contributed by atoms with van der Waals surface area (Å²) in [5, 5.41) is 6.20. The van der Waals surface area contributed by atoms with E-state index < -0.39 is 7.12 Å². The van der Waals surface area contributed by atoms with Crippen LogP contribution in [0.3, 0.4) is 0 Å². The van der Waals surface area contributed by atoms with Gasteiger partial charge in [0.25, 0.3) is 0 Å². The van der Waals surface area contributed by atoms with Crippen LogP contribution in [0.1, 0.15) is 27.7 Å². The van der Waals surface area contributed by atoms with Crippen LogP contribution in [0.25, 0.3) is 145 Å². The van der Waals surface area contributed by atoms with Crippen molar-refractivity contribution < 1.29 is 18.1 Å². The Bertz CT molecular complexity index is 4930. The summed E-state index contributed by atoms with van der Waals surface area (Å²) in [6.45, 7) is 8.28. The summed E-state index contributed by atoms with van der Waals surface area (Å²) in [5.74, 6) is 3.09. The lowest BCUT2D eigenvalue weighted by Gasteiger charge is -2.32. The van der Waals surface area contributed by atoms with Crippen LogP contribution in [0.5, 0.6) is 0 Å². The molecule has 85 heavy (non-hydrogen) atoms. The quantitative estimate of drug-likeness (QED) is 0.106. The molecule has 0 saturated carbocycles. The van der Waals surface area contributed by atoms with Crippen LogP contribution < -0.4 is 5.46 Å². The van der Waals surface area contributed by atoms with Gasteiger partial charge in [-0.2, -0.15) is 0 Å². The van der Waals surface area contributed by atoms with E-state index in [4.69, 9.17) is 53.0 Å². The Morgan fingerprint density at radius 2 is 0.635 bits per heavy atom. The van der Waals surface area contributed by atoms with E-state index in [2.05, 4.69) is 100 Å². The number of pyridine rings is 2. The van der Waals surface area contributed by atoms with Crippen molar-refractivity contribution in [3.05, 3.63) is 243 Å². The van der Waals surface area contributed by atoms with Crippen molar-refractivity contribution in [3.8, 4) is 79.6 Å². The summed E-state index contributed by atoms with van der Waals surface area (Å²) in [7, 11) is -0.401. The highest BCUT2D eigenvalue weighted by Crippen LogP contribution is 2.42. The number of fused-ring (bicyclic) bond motifs is 10. The second kappa shape index (κ2) is 20.7. The molecule has 1 saturated heterocycles. The molecule has 0 N–H and O–H groups in total. The molecule has 12 heteroatoms. The van der Waals surface area contributed by atoms with E-state index in [9.17, 15) is 0 Å². The van der Waals surface area contributed by atoms with Crippen molar-refractivity contribution in [2.45, 2.75) is 38.9 Å².